The Morgan fingerprint density at radius 1 is 0.958 bits per heavy atom. The number of aryl methyl sites for hydroxylation is 1. The van der Waals surface area contributed by atoms with Crippen molar-refractivity contribution in [2.24, 2.45) is 0 Å². The molecule has 1 aromatic rings. The van der Waals surface area contributed by atoms with Crippen molar-refractivity contribution in [2.75, 3.05) is 47.0 Å². The number of nitrogens with one attached hydrogen (secondary N) is 1. The van der Waals surface area contributed by atoms with Crippen LogP contribution in [0.2, 0.25) is 0 Å². The monoisotopic (exact) mass is 377 g/mol. The standard InChI is InChI=1S/C15H27N3O4S2/c1-17(2)12-5-11-16-23(19,20)13-10-14-6-8-15(9-7-14)24(21,22)18(3)4/h6-9,16H,5,10-13H2,1-4H3. The number of rotatable bonds is 10. The predicted octanol–water partition coefficient (Wildman–Crippen LogP) is 0.351. The molecule has 0 spiro atoms. The van der Waals surface area contributed by atoms with Crippen LogP contribution in [-0.4, -0.2) is 73.1 Å². The minimum atomic E-state index is -3.46. The van der Waals surface area contributed by atoms with Crippen molar-refractivity contribution in [3.63, 3.8) is 0 Å². The number of hydrogen-bond acceptors (Lipinski definition) is 5. The highest BCUT2D eigenvalue weighted by Crippen LogP contribution is 2.14. The molecule has 24 heavy (non-hydrogen) atoms. The number of benzene rings is 1. The first-order chi connectivity index (χ1) is 11.0. The van der Waals surface area contributed by atoms with Gasteiger partial charge in [-0.3, -0.25) is 0 Å². The van der Waals surface area contributed by atoms with E-state index in [0.717, 1.165) is 22.8 Å². The van der Waals surface area contributed by atoms with E-state index in [1.807, 2.05) is 19.0 Å². The van der Waals surface area contributed by atoms with Crippen LogP contribution in [0, 0.1) is 0 Å². The van der Waals surface area contributed by atoms with Crippen LogP contribution >= 0.6 is 0 Å². The molecule has 1 rings (SSSR count). The summed E-state index contributed by atoms with van der Waals surface area (Å²) in [6, 6.07) is 6.31. The zero-order valence-corrected chi connectivity index (χ0v) is 16.3. The van der Waals surface area contributed by atoms with Crippen molar-refractivity contribution >= 4 is 20.0 Å². The SMILES string of the molecule is CN(C)CCCNS(=O)(=O)CCc1ccc(S(=O)(=O)N(C)C)cc1. The molecule has 0 saturated carbocycles. The van der Waals surface area contributed by atoms with Gasteiger partial charge in [0.1, 0.15) is 0 Å². The number of nitrogens with zero attached hydrogens (tertiary/aromatic N) is 2. The van der Waals surface area contributed by atoms with Crippen LogP contribution in [0.15, 0.2) is 29.2 Å². The number of hydrogen-bond donors (Lipinski definition) is 1. The van der Waals surface area contributed by atoms with Gasteiger partial charge in [0, 0.05) is 20.6 Å². The molecule has 0 fully saturated rings. The quantitative estimate of drug-likeness (QED) is 0.595. The lowest BCUT2D eigenvalue weighted by molar-refractivity contribution is 0.400. The second-order valence-corrected chi connectivity index (χ2v) is 10.1. The Hall–Kier alpha value is -1.00. The first-order valence-electron chi connectivity index (χ1n) is 7.68. The third-order valence-electron chi connectivity index (χ3n) is 3.47. The lowest BCUT2D eigenvalue weighted by Crippen LogP contribution is -2.30. The molecule has 0 radical (unpaired) electrons. The first kappa shape index (κ1) is 21.0. The van der Waals surface area contributed by atoms with Crippen molar-refractivity contribution in [1.29, 1.82) is 0 Å². The van der Waals surface area contributed by atoms with Gasteiger partial charge in [-0.15, -0.1) is 0 Å². The fourth-order valence-electron chi connectivity index (χ4n) is 1.99. The van der Waals surface area contributed by atoms with Gasteiger partial charge >= 0.3 is 0 Å². The summed E-state index contributed by atoms with van der Waals surface area (Å²) in [5.41, 5.74) is 0.784. The molecule has 0 amide bonds. The first-order valence-corrected chi connectivity index (χ1v) is 10.8. The second-order valence-electron chi connectivity index (χ2n) is 6.05. The summed E-state index contributed by atoms with van der Waals surface area (Å²) in [7, 11) is 0.0334. The molecule has 0 aliphatic rings. The van der Waals surface area contributed by atoms with Gasteiger partial charge < -0.3 is 4.90 Å². The molecule has 0 aliphatic carbocycles. The summed E-state index contributed by atoms with van der Waals surface area (Å²) < 4.78 is 51.5. The molecule has 7 nitrogen and oxygen atoms in total. The van der Waals surface area contributed by atoms with E-state index in [0.29, 0.717) is 13.0 Å². The van der Waals surface area contributed by atoms with Crippen molar-refractivity contribution in [3.8, 4) is 0 Å². The van der Waals surface area contributed by atoms with Crippen LogP contribution in [0.3, 0.4) is 0 Å². The smallest absolute Gasteiger partial charge is 0.242 e. The van der Waals surface area contributed by atoms with Gasteiger partial charge in [0.05, 0.1) is 10.6 Å². The summed E-state index contributed by atoms with van der Waals surface area (Å²) in [4.78, 5) is 2.19. The van der Waals surface area contributed by atoms with E-state index in [-0.39, 0.29) is 10.6 Å². The molecule has 0 heterocycles. The van der Waals surface area contributed by atoms with Gasteiger partial charge in [-0.05, 0) is 51.2 Å². The summed E-state index contributed by atoms with van der Waals surface area (Å²) in [5.74, 6) is -0.0191. The van der Waals surface area contributed by atoms with Crippen LogP contribution < -0.4 is 4.72 Å². The zero-order valence-electron chi connectivity index (χ0n) is 14.7. The number of sulfonamides is 2. The lowest BCUT2D eigenvalue weighted by Gasteiger charge is -2.12. The fourth-order valence-corrected chi connectivity index (χ4v) is 3.99. The van der Waals surface area contributed by atoms with E-state index in [1.54, 1.807) is 12.1 Å². The van der Waals surface area contributed by atoms with Gasteiger partial charge in [0.25, 0.3) is 0 Å². The molecular formula is C15H27N3O4S2. The molecule has 0 bridgehead atoms. The van der Waals surface area contributed by atoms with E-state index in [4.69, 9.17) is 0 Å². The largest absolute Gasteiger partial charge is 0.309 e. The third kappa shape index (κ3) is 6.86. The van der Waals surface area contributed by atoms with Crippen molar-refractivity contribution in [2.45, 2.75) is 17.7 Å². The second kappa shape index (κ2) is 8.91. The average Bonchev–Trinajstić information content (AvgIpc) is 2.50. The van der Waals surface area contributed by atoms with E-state index < -0.39 is 20.0 Å². The normalized spacial score (nSPS) is 12.9. The van der Waals surface area contributed by atoms with Crippen LogP contribution in [-0.2, 0) is 26.5 Å². The van der Waals surface area contributed by atoms with Gasteiger partial charge in [-0.25, -0.2) is 25.9 Å². The molecule has 0 aromatic heterocycles. The van der Waals surface area contributed by atoms with E-state index in [1.165, 1.54) is 26.2 Å². The van der Waals surface area contributed by atoms with E-state index >= 15 is 0 Å². The van der Waals surface area contributed by atoms with Crippen LogP contribution in [0.25, 0.3) is 0 Å². The summed E-state index contributed by atoms with van der Waals surface area (Å²) in [5, 5.41) is 0. The summed E-state index contributed by atoms with van der Waals surface area (Å²) >= 11 is 0. The molecule has 0 saturated heterocycles. The predicted molar refractivity (Wildman–Crippen MR) is 96.0 cm³/mol. The highest BCUT2D eigenvalue weighted by molar-refractivity contribution is 7.89. The zero-order chi connectivity index (χ0) is 18.4. The maximum atomic E-state index is 12.0. The van der Waals surface area contributed by atoms with Gasteiger partial charge in [-0.1, -0.05) is 12.1 Å². The van der Waals surface area contributed by atoms with Crippen molar-refractivity contribution in [1.82, 2.24) is 13.9 Å². The Balaban J connectivity index is 2.56. The fraction of sp³-hybridized carbons (Fsp3) is 0.600. The third-order valence-corrected chi connectivity index (χ3v) is 6.68. The Morgan fingerprint density at radius 3 is 2.04 bits per heavy atom. The maximum absolute atomic E-state index is 12.0. The Bertz CT molecular complexity index is 712. The minimum Gasteiger partial charge on any atom is -0.309 e. The molecular weight excluding hydrogens is 350 g/mol. The maximum Gasteiger partial charge on any atom is 0.242 e. The van der Waals surface area contributed by atoms with Crippen LogP contribution in [0.1, 0.15) is 12.0 Å². The Morgan fingerprint density at radius 2 is 1.54 bits per heavy atom. The van der Waals surface area contributed by atoms with Crippen LogP contribution in [0.5, 0.6) is 0 Å². The van der Waals surface area contributed by atoms with Crippen molar-refractivity contribution < 1.29 is 16.8 Å². The van der Waals surface area contributed by atoms with Gasteiger partial charge in [0.2, 0.25) is 20.0 Å². The van der Waals surface area contributed by atoms with Gasteiger partial charge in [0.15, 0.2) is 0 Å². The van der Waals surface area contributed by atoms with Crippen LogP contribution in [0.4, 0.5) is 0 Å². The summed E-state index contributed by atoms with van der Waals surface area (Å²) in [6.07, 6.45) is 1.09. The van der Waals surface area contributed by atoms with E-state index in [2.05, 4.69) is 4.72 Å². The van der Waals surface area contributed by atoms with E-state index in [9.17, 15) is 16.8 Å². The lowest BCUT2D eigenvalue weighted by atomic mass is 10.2. The molecule has 1 N–H and O–H groups in total. The average molecular weight is 378 g/mol. The molecule has 0 unspecified atom stereocenters. The molecule has 138 valence electrons. The minimum absolute atomic E-state index is 0.0191. The highest BCUT2D eigenvalue weighted by Gasteiger charge is 2.17. The Labute approximate surface area is 145 Å². The highest BCUT2D eigenvalue weighted by atomic mass is 32.2. The Kier molecular flexibility index (Phi) is 7.81. The molecule has 0 atom stereocenters. The molecule has 9 heteroatoms. The van der Waals surface area contributed by atoms with Crippen molar-refractivity contribution in [3.05, 3.63) is 29.8 Å². The molecule has 1 aromatic carbocycles. The topological polar surface area (TPSA) is 86.8 Å². The summed E-state index contributed by atoms with van der Waals surface area (Å²) in [6.45, 7) is 1.24. The molecule has 0 aliphatic heterocycles. The van der Waals surface area contributed by atoms with Gasteiger partial charge in [-0.2, -0.15) is 0 Å².